The first-order valence-electron chi connectivity index (χ1n) is 6.77. The smallest absolute Gasteiger partial charge is 0.228 e. The molecule has 0 atom stereocenters. The van der Waals surface area contributed by atoms with Crippen LogP contribution < -0.4 is 11.1 Å². The molecule has 7 heteroatoms. The maximum atomic E-state index is 12.2. The van der Waals surface area contributed by atoms with Gasteiger partial charge in [-0.3, -0.25) is 9.78 Å². The molecule has 0 aliphatic heterocycles. The van der Waals surface area contributed by atoms with Gasteiger partial charge in [0.15, 0.2) is 5.15 Å². The highest BCUT2D eigenvalue weighted by atomic mass is 35.5. The van der Waals surface area contributed by atoms with Crippen LogP contribution in [-0.2, 0) is 11.2 Å². The first-order chi connectivity index (χ1) is 11.0. The highest BCUT2D eigenvalue weighted by Crippen LogP contribution is 2.26. The lowest BCUT2D eigenvalue weighted by atomic mass is 10.1. The Morgan fingerprint density at radius 3 is 2.78 bits per heavy atom. The van der Waals surface area contributed by atoms with Crippen LogP contribution >= 0.6 is 23.2 Å². The van der Waals surface area contributed by atoms with E-state index in [4.69, 9.17) is 28.9 Å². The van der Waals surface area contributed by atoms with E-state index in [0.29, 0.717) is 16.4 Å². The highest BCUT2D eigenvalue weighted by molar-refractivity contribution is 6.33. The molecular formula is C16H12Cl2N4O. The average Bonchev–Trinajstić information content (AvgIpc) is 2.50. The van der Waals surface area contributed by atoms with Gasteiger partial charge in [0.25, 0.3) is 0 Å². The third-order valence-electron chi connectivity index (χ3n) is 3.28. The number of aromatic nitrogens is 2. The van der Waals surface area contributed by atoms with Crippen molar-refractivity contribution in [3.05, 3.63) is 58.5 Å². The standard InChI is InChI=1S/C16H12Cl2N4O/c17-11-7-10-5-9(1-2-13(10)21-8-11)6-14(23)22-15-12(19)3-4-20-16(15)18/h1-5,7-8H,6H2,(H2,19,20)(H,22,23). The van der Waals surface area contributed by atoms with Crippen molar-refractivity contribution < 1.29 is 4.79 Å². The number of amides is 1. The number of carbonyl (C=O) groups is 1. The number of rotatable bonds is 3. The second-order valence-electron chi connectivity index (χ2n) is 4.97. The van der Waals surface area contributed by atoms with Gasteiger partial charge in [-0.2, -0.15) is 0 Å². The van der Waals surface area contributed by atoms with Crippen molar-refractivity contribution in [3.63, 3.8) is 0 Å². The van der Waals surface area contributed by atoms with Crippen LogP contribution in [0.1, 0.15) is 5.56 Å². The van der Waals surface area contributed by atoms with Crippen molar-refractivity contribution in [2.24, 2.45) is 0 Å². The summed E-state index contributed by atoms with van der Waals surface area (Å²) in [6, 6.07) is 8.95. The molecule has 3 N–H and O–H groups in total. The Labute approximate surface area is 142 Å². The van der Waals surface area contributed by atoms with Crippen molar-refractivity contribution in [3.8, 4) is 0 Å². The Hall–Kier alpha value is -2.37. The topological polar surface area (TPSA) is 80.9 Å². The Morgan fingerprint density at radius 2 is 2.00 bits per heavy atom. The van der Waals surface area contributed by atoms with Crippen molar-refractivity contribution in [1.82, 2.24) is 9.97 Å². The zero-order chi connectivity index (χ0) is 16.4. The zero-order valence-electron chi connectivity index (χ0n) is 11.9. The van der Waals surface area contributed by atoms with Crippen LogP contribution in [0.15, 0.2) is 42.7 Å². The first-order valence-corrected chi connectivity index (χ1v) is 7.52. The third kappa shape index (κ3) is 3.52. The van der Waals surface area contributed by atoms with Gasteiger partial charge in [-0.15, -0.1) is 0 Å². The highest BCUT2D eigenvalue weighted by Gasteiger charge is 2.11. The molecule has 2 heterocycles. The summed E-state index contributed by atoms with van der Waals surface area (Å²) in [6.07, 6.45) is 3.24. The van der Waals surface area contributed by atoms with Crippen LogP contribution in [0.5, 0.6) is 0 Å². The van der Waals surface area contributed by atoms with Gasteiger partial charge in [0.05, 0.1) is 22.6 Å². The number of hydrogen-bond acceptors (Lipinski definition) is 4. The van der Waals surface area contributed by atoms with Crippen molar-refractivity contribution >= 4 is 51.4 Å². The SMILES string of the molecule is Nc1ccnc(Cl)c1NC(=O)Cc1ccc2ncc(Cl)cc2c1. The summed E-state index contributed by atoms with van der Waals surface area (Å²) in [7, 11) is 0. The van der Waals surface area contributed by atoms with E-state index in [1.54, 1.807) is 18.3 Å². The summed E-state index contributed by atoms with van der Waals surface area (Å²) >= 11 is 11.9. The van der Waals surface area contributed by atoms with Crippen molar-refractivity contribution in [2.45, 2.75) is 6.42 Å². The largest absolute Gasteiger partial charge is 0.397 e. The van der Waals surface area contributed by atoms with E-state index >= 15 is 0 Å². The van der Waals surface area contributed by atoms with E-state index < -0.39 is 0 Å². The Kier molecular flexibility index (Phi) is 4.32. The molecular weight excluding hydrogens is 335 g/mol. The van der Waals surface area contributed by atoms with Crippen LogP contribution in [-0.4, -0.2) is 15.9 Å². The minimum absolute atomic E-state index is 0.160. The summed E-state index contributed by atoms with van der Waals surface area (Å²) in [5.74, 6) is -0.235. The van der Waals surface area contributed by atoms with E-state index in [1.807, 2.05) is 18.2 Å². The second-order valence-corrected chi connectivity index (χ2v) is 5.77. The van der Waals surface area contributed by atoms with E-state index in [1.165, 1.54) is 6.20 Å². The van der Waals surface area contributed by atoms with Crippen LogP contribution in [0.3, 0.4) is 0 Å². The predicted molar refractivity (Wildman–Crippen MR) is 92.7 cm³/mol. The van der Waals surface area contributed by atoms with Gasteiger partial charge < -0.3 is 11.1 Å². The fraction of sp³-hybridized carbons (Fsp3) is 0.0625. The average molecular weight is 347 g/mol. The minimum Gasteiger partial charge on any atom is -0.397 e. The van der Waals surface area contributed by atoms with Gasteiger partial charge in [-0.05, 0) is 29.8 Å². The lowest BCUT2D eigenvalue weighted by Crippen LogP contribution is -2.16. The molecule has 0 bridgehead atoms. The molecule has 116 valence electrons. The Bertz CT molecular complexity index is 878. The van der Waals surface area contributed by atoms with Crippen LogP contribution in [0.4, 0.5) is 11.4 Å². The molecule has 23 heavy (non-hydrogen) atoms. The van der Waals surface area contributed by atoms with E-state index in [-0.39, 0.29) is 17.5 Å². The van der Waals surface area contributed by atoms with Gasteiger partial charge in [-0.1, -0.05) is 29.3 Å². The van der Waals surface area contributed by atoms with Crippen LogP contribution in [0.2, 0.25) is 10.2 Å². The normalized spacial score (nSPS) is 10.7. The fourth-order valence-corrected chi connectivity index (χ4v) is 2.59. The summed E-state index contributed by atoms with van der Waals surface area (Å²) in [6.45, 7) is 0. The lowest BCUT2D eigenvalue weighted by Gasteiger charge is -2.09. The summed E-state index contributed by atoms with van der Waals surface area (Å²) < 4.78 is 0. The number of hydrogen-bond donors (Lipinski definition) is 2. The monoisotopic (exact) mass is 346 g/mol. The number of pyridine rings is 2. The Balaban J connectivity index is 1.80. The summed E-state index contributed by atoms with van der Waals surface area (Å²) in [4.78, 5) is 20.3. The zero-order valence-corrected chi connectivity index (χ0v) is 13.4. The Morgan fingerprint density at radius 1 is 1.17 bits per heavy atom. The van der Waals surface area contributed by atoms with Gasteiger partial charge in [-0.25, -0.2) is 4.98 Å². The van der Waals surface area contributed by atoms with Crippen LogP contribution in [0.25, 0.3) is 10.9 Å². The minimum atomic E-state index is -0.235. The molecule has 0 aliphatic carbocycles. The molecule has 0 saturated carbocycles. The molecule has 1 amide bonds. The number of anilines is 2. The molecule has 0 saturated heterocycles. The number of nitrogens with two attached hydrogens (primary N) is 1. The predicted octanol–water partition coefficient (Wildman–Crippen LogP) is 3.70. The maximum Gasteiger partial charge on any atom is 0.228 e. The molecule has 5 nitrogen and oxygen atoms in total. The molecule has 0 radical (unpaired) electrons. The van der Waals surface area contributed by atoms with Gasteiger partial charge in [0.1, 0.15) is 5.69 Å². The molecule has 3 aromatic rings. The van der Waals surface area contributed by atoms with Crippen molar-refractivity contribution in [2.75, 3.05) is 11.1 Å². The maximum absolute atomic E-state index is 12.2. The molecule has 2 aromatic heterocycles. The third-order valence-corrected chi connectivity index (χ3v) is 3.77. The number of nitrogen functional groups attached to an aromatic ring is 1. The number of halogens is 2. The van der Waals surface area contributed by atoms with Crippen molar-refractivity contribution in [1.29, 1.82) is 0 Å². The molecule has 0 fully saturated rings. The number of fused-ring (bicyclic) bond motifs is 1. The molecule has 3 rings (SSSR count). The lowest BCUT2D eigenvalue weighted by molar-refractivity contribution is -0.115. The van der Waals surface area contributed by atoms with E-state index in [0.717, 1.165) is 16.5 Å². The summed E-state index contributed by atoms with van der Waals surface area (Å²) in [5, 5.41) is 4.27. The van der Waals surface area contributed by atoms with Gasteiger partial charge in [0, 0.05) is 17.8 Å². The van der Waals surface area contributed by atoms with E-state index in [2.05, 4.69) is 15.3 Å². The second kappa shape index (κ2) is 6.40. The first kappa shape index (κ1) is 15.5. The number of nitrogens with zero attached hydrogens (tertiary/aromatic N) is 2. The number of nitrogens with one attached hydrogen (secondary N) is 1. The molecule has 0 aliphatic rings. The quantitative estimate of drug-likeness (QED) is 0.708. The van der Waals surface area contributed by atoms with Gasteiger partial charge in [0.2, 0.25) is 5.91 Å². The molecule has 0 spiro atoms. The van der Waals surface area contributed by atoms with Crippen LogP contribution in [0, 0.1) is 0 Å². The fourth-order valence-electron chi connectivity index (χ4n) is 2.21. The molecule has 1 aromatic carbocycles. The number of carbonyl (C=O) groups excluding carboxylic acids is 1. The van der Waals surface area contributed by atoms with Gasteiger partial charge >= 0.3 is 0 Å². The summed E-state index contributed by atoms with van der Waals surface area (Å²) in [5.41, 5.74) is 8.13. The molecule has 0 unspecified atom stereocenters. The number of benzene rings is 1. The van der Waals surface area contributed by atoms with E-state index in [9.17, 15) is 4.79 Å².